The van der Waals surface area contributed by atoms with Gasteiger partial charge in [0.2, 0.25) is 0 Å². The van der Waals surface area contributed by atoms with Gasteiger partial charge < -0.3 is 0 Å². The van der Waals surface area contributed by atoms with Crippen molar-refractivity contribution in [2.45, 2.75) is 0 Å². The summed E-state index contributed by atoms with van der Waals surface area (Å²) >= 11 is 0. The second-order valence-corrected chi connectivity index (χ2v) is 5.46. The van der Waals surface area contributed by atoms with E-state index >= 15 is 0 Å². The van der Waals surface area contributed by atoms with Gasteiger partial charge in [-0.1, -0.05) is 18.1 Å². The molecule has 23 heavy (non-hydrogen) atoms. The number of hydrogen-bond acceptors (Lipinski definition) is 3. The lowest BCUT2D eigenvalue weighted by molar-refractivity contribution is 1.09. The number of hydrogen-bond donors (Lipinski definition) is 1. The van der Waals surface area contributed by atoms with E-state index in [-0.39, 0.29) is 0 Å². The maximum absolute atomic E-state index is 4.76. The molecule has 0 amide bonds. The largest absolute Gasteiger partial charge is 0.285 e. The minimum Gasteiger partial charge on any atom is -0.285 e. The number of rotatable bonds is 1. The molecule has 0 saturated heterocycles. The number of aromatic amines is 1. The van der Waals surface area contributed by atoms with Gasteiger partial charge in [0.15, 0.2) is 0 Å². The number of benzene rings is 1. The molecule has 3 aromatic heterocycles. The highest BCUT2D eigenvalue weighted by Gasteiger charge is 2.12. The Labute approximate surface area is 132 Å². The summed E-state index contributed by atoms with van der Waals surface area (Å²) in [4.78, 5) is 9.29. The summed E-state index contributed by atoms with van der Waals surface area (Å²) in [5.74, 6) is 6.27. The molecule has 3 aliphatic rings. The first-order chi connectivity index (χ1) is 11.4. The van der Waals surface area contributed by atoms with E-state index in [0.29, 0.717) is 0 Å². The Morgan fingerprint density at radius 1 is 0.913 bits per heavy atom. The average molecular weight is 294 g/mol. The third-order valence-corrected chi connectivity index (χ3v) is 4.00. The lowest BCUT2D eigenvalue weighted by atomic mass is 10.00. The number of pyridine rings is 2. The second kappa shape index (κ2) is 4.52. The average Bonchev–Trinajstić information content (AvgIpc) is 3.12. The van der Waals surface area contributed by atoms with Crippen molar-refractivity contribution in [3.8, 4) is 34.2 Å². The molecule has 0 fully saturated rings. The topological polar surface area (TPSA) is 54.5 Å². The zero-order chi connectivity index (χ0) is 15.2. The van der Waals surface area contributed by atoms with Crippen LogP contribution in [-0.2, 0) is 0 Å². The van der Waals surface area contributed by atoms with Gasteiger partial charge >= 0.3 is 0 Å². The molecule has 4 aromatic rings. The fraction of sp³-hybridized carbons (Fsp3) is 0. The molecule has 1 aromatic carbocycles. The Bertz CT molecular complexity index is 1120. The highest BCUT2D eigenvalue weighted by Crippen LogP contribution is 2.32. The van der Waals surface area contributed by atoms with Crippen molar-refractivity contribution < 1.29 is 0 Å². The van der Waals surface area contributed by atoms with Crippen molar-refractivity contribution in [2.75, 3.05) is 0 Å². The zero-order valence-electron chi connectivity index (χ0n) is 12.0. The van der Waals surface area contributed by atoms with Gasteiger partial charge in [-0.2, -0.15) is 5.10 Å². The third-order valence-electron chi connectivity index (χ3n) is 4.00. The van der Waals surface area contributed by atoms with Crippen LogP contribution in [0.1, 0.15) is 11.3 Å². The summed E-state index contributed by atoms with van der Waals surface area (Å²) in [6.45, 7) is 0. The van der Waals surface area contributed by atoms with Crippen molar-refractivity contribution >= 4 is 10.9 Å². The second-order valence-electron chi connectivity index (χ2n) is 5.46. The van der Waals surface area contributed by atoms with E-state index < -0.39 is 0 Å². The lowest BCUT2D eigenvalue weighted by Crippen LogP contribution is -1.92. The molecule has 4 nitrogen and oxygen atoms in total. The van der Waals surface area contributed by atoms with E-state index in [0.717, 1.165) is 44.5 Å². The van der Waals surface area contributed by atoms with E-state index in [4.69, 9.17) is 4.98 Å². The standard InChI is InChI=1S/C19H10N4/c1-4-16-5-6-17(15-10-21-22-11-15)19(23-16)14-3-2-13-7-12(1)9-20-18(13)8-14/h2-3,5-11H,(H,21,22). The molecular weight excluding hydrogens is 284 g/mol. The third kappa shape index (κ3) is 1.91. The van der Waals surface area contributed by atoms with Crippen LogP contribution in [0.4, 0.5) is 0 Å². The fourth-order valence-electron chi connectivity index (χ4n) is 2.85. The van der Waals surface area contributed by atoms with Crippen LogP contribution < -0.4 is 0 Å². The van der Waals surface area contributed by atoms with Gasteiger partial charge in [0, 0.05) is 40.0 Å². The SMILES string of the molecule is C1#Cc2ccc(-c3cn[nH]c3)c(n2)-c2ccc3cc1cnc3c2. The molecule has 0 unspecified atom stereocenters. The van der Waals surface area contributed by atoms with Crippen LogP contribution in [0.2, 0.25) is 0 Å². The summed E-state index contributed by atoms with van der Waals surface area (Å²) in [7, 11) is 0. The molecule has 3 aliphatic heterocycles. The van der Waals surface area contributed by atoms with Crippen molar-refractivity contribution in [3.05, 3.63) is 66.2 Å². The first kappa shape index (κ1) is 12.1. The van der Waals surface area contributed by atoms with Crippen molar-refractivity contribution in [2.24, 2.45) is 0 Å². The van der Waals surface area contributed by atoms with E-state index in [1.807, 2.05) is 24.5 Å². The Kier molecular flexibility index (Phi) is 2.38. The van der Waals surface area contributed by atoms with E-state index in [1.165, 1.54) is 0 Å². The normalized spacial score (nSPS) is 11.5. The Balaban J connectivity index is 1.90. The number of nitrogens with one attached hydrogen (secondary N) is 1. The molecule has 6 heterocycles. The van der Waals surface area contributed by atoms with E-state index in [2.05, 4.69) is 51.3 Å². The minimum atomic E-state index is 0.750. The van der Waals surface area contributed by atoms with Gasteiger partial charge in [0.25, 0.3) is 0 Å². The predicted molar refractivity (Wildman–Crippen MR) is 88.5 cm³/mol. The molecule has 1 N–H and O–H groups in total. The van der Waals surface area contributed by atoms with Gasteiger partial charge in [-0.05, 0) is 30.2 Å². The van der Waals surface area contributed by atoms with Gasteiger partial charge in [-0.25, -0.2) is 4.98 Å². The first-order valence-corrected chi connectivity index (χ1v) is 7.29. The summed E-state index contributed by atoms with van der Waals surface area (Å²) in [6, 6.07) is 12.3. The molecule has 4 heteroatoms. The van der Waals surface area contributed by atoms with Crippen LogP contribution >= 0.6 is 0 Å². The van der Waals surface area contributed by atoms with Gasteiger partial charge in [0.05, 0.1) is 17.4 Å². The Morgan fingerprint density at radius 2 is 1.91 bits per heavy atom. The molecule has 6 bridgehead atoms. The zero-order valence-corrected chi connectivity index (χ0v) is 12.0. The van der Waals surface area contributed by atoms with E-state index in [9.17, 15) is 0 Å². The summed E-state index contributed by atoms with van der Waals surface area (Å²) < 4.78 is 0. The number of fused-ring (bicyclic) bond motifs is 2. The maximum Gasteiger partial charge on any atom is 0.114 e. The highest BCUT2D eigenvalue weighted by atomic mass is 15.1. The first-order valence-electron chi connectivity index (χ1n) is 7.29. The van der Waals surface area contributed by atoms with Gasteiger partial charge in [-0.3, -0.25) is 10.1 Å². The smallest absolute Gasteiger partial charge is 0.114 e. The molecule has 7 rings (SSSR count). The maximum atomic E-state index is 4.76. The van der Waals surface area contributed by atoms with Crippen molar-refractivity contribution in [1.82, 2.24) is 20.2 Å². The van der Waals surface area contributed by atoms with Crippen LogP contribution in [0.5, 0.6) is 0 Å². The molecule has 0 saturated carbocycles. The van der Waals surface area contributed by atoms with Crippen LogP contribution in [0.3, 0.4) is 0 Å². The molecule has 106 valence electrons. The monoisotopic (exact) mass is 294 g/mol. The molecule has 0 radical (unpaired) electrons. The Hall–Kier alpha value is -3.45. The summed E-state index contributed by atoms with van der Waals surface area (Å²) in [6.07, 6.45) is 5.48. The number of H-pyrrole nitrogens is 1. The molecule has 0 atom stereocenters. The molecule has 0 aliphatic carbocycles. The molecular formula is C19H10N4. The van der Waals surface area contributed by atoms with Gasteiger partial charge in [0.1, 0.15) is 5.69 Å². The Morgan fingerprint density at radius 3 is 2.83 bits per heavy atom. The van der Waals surface area contributed by atoms with Gasteiger partial charge in [-0.15, -0.1) is 0 Å². The number of nitrogens with zero attached hydrogens (tertiary/aromatic N) is 3. The van der Waals surface area contributed by atoms with Crippen LogP contribution in [0.15, 0.2) is 55.0 Å². The predicted octanol–water partition coefficient (Wildman–Crippen LogP) is 3.40. The number of aromatic nitrogens is 4. The highest BCUT2D eigenvalue weighted by molar-refractivity contribution is 5.88. The van der Waals surface area contributed by atoms with Crippen LogP contribution in [0.25, 0.3) is 33.3 Å². The van der Waals surface area contributed by atoms with E-state index in [1.54, 1.807) is 6.20 Å². The summed E-state index contributed by atoms with van der Waals surface area (Å²) in [5, 5.41) is 7.99. The van der Waals surface area contributed by atoms with Crippen molar-refractivity contribution in [3.63, 3.8) is 0 Å². The molecule has 0 spiro atoms. The minimum absolute atomic E-state index is 0.750. The summed E-state index contributed by atoms with van der Waals surface area (Å²) in [5.41, 5.74) is 6.55. The quantitative estimate of drug-likeness (QED) is 0.482. The van der Waals surface area contributed by atoms with Crippen LogP contribution in [0, 0.1) is 11.8 Å². The van der Waals surface area contributed by atoms with Crippen LogP contribution in [-0.4, -0.2) is 20.2 Å². The lowest BCUT2D eigenvalue weighted by Gasteiger charge is -2.09. The van der Waals surface area contributed by atoms with Crippen molar-refractivity contribution in [1.29, 1.82) is 0 Å². The fourth-order valence-corrected chi connectivity index (χ4v) is 2.85.